The fourth-order valence-corrected chi connectivity index (χ4v) is 5.89. The maximum Gasteiger partial charge on any atom is 0.410 e. The van der Waals surface area contributed by atoms with Crippen LogP contribution in [-0.4, -0.2) is 50.2 Å². The van der Waals surface area contributed by atoms with Crippen LogP contribution in [0.1, 0.15) is 65.5 Å². The summed E-state index contributed by atoms with van der Waals surface area (Å²) in [7, 11) is -2.04. The standard InChI is InChI=1S/C31H44F3NO4Si/c1-30(2,3)38-29(36)35-20-25(39-40(7,8)31(4,5)6)19-24(35)15-16-37-28-14-12-23(32)18-22(28)11-9-21-10-13-26(33)27(34)17-21/h10,12-14,17-18,24-25H,9,11,15-16,19-20H2,1-8H3/t24-,25-/m1/s1. The van der Waals surface area contributed by atoms with Crippen molar-refractivity contribution in [1.82, 2.24) is 4.90 Å². The van der Waals surface area contributed by atoms with Crippen molar-refractivity contribution in [3.05, 3.63) is 65.0 Å². The van der Waals surface area contributed by atoms with Gasteiger partial charge >= 0.3 is 6.09 Å². The highest BCUT2D eigenvalue weighted by atomic mass is 28.4. The topological polar surface area (TPSA) is 48.0 Å². The summed E-state index contributed by atoms with van der Waals surface area (Å²) >= 11 is 0. The molecule has 1 aliphatic rings. The Kier molecular flexibility index (Phi) is 10.0. The molecular formula is C31H44F3NO4Si. The summed E-state index contributed by atoms with van der Waals surface area (Å²) in [5.41, 5.74) is 0.632. The molecule has 0 aromatic heterocycles. The molecule has 0 saturated carbocycles. The van der Waals surface area contributed by atoms with E-state index in [1.807, 2.05) is 20.8 Å². The van der Waals surface area contributed by atoms with Gasteiger partial charge in [-0.3, -0.25) is 0 Å². The van der Waals surface area contributed by atoms with Crippen LogP contribution in [0.25, 0.3) is 0 Å². The fourth-order valence-electron chi connectivity index (χ4n) is 4.53. The molecule has 0 spiro atoms. The highest BCUT2D eigenvalue weighted by Gasteiger charge is 2.44. The van der Waals surface area contributed by atoms with Crippen LogP contribution in [0.4, 0.5) is 18.0 Å². The minimum Gasteiger partial charge on any atom is -0.493 e. The Bertz CT molecular complexity index is 1180. The summed E-state index contributed by atoms with van der Waals surface area (Å²) in [5.74, 6) is -1.68. The maximum atomic E-state index is 14.1. The zero-order chi connectivity index (χ0) is 29.9. The first-order valence-electron chi connectivity index (χ1n) is 14.0. The molecule has 9 heteroatoms. The quantitative estimate of drug-likeness (QED) is 0.282. The van der Waals surface area contributed by atoms with E-state index in [1.54, 1.807) is 11.0 Å². The summed E-state index contributed by atoms with van der Waals surface area (Å²) in [6.07, 6.45) is 1.58. The predicted molar refractivity (Wildman–Crippen MR) is 154 cm³/mol. The highest BCUT2D eigenvalue weighted by Crippen LogP contribution is 2.39. The number of halogens is 3. The third-order valence-corrected chi connectivity index (χ3v) is 12.2. The third kappa shape index (κ3) is 8.74. The number of benzene rings is 2. The average molecular weight is 580 g/mol. The number of rotatable bonds is 9. The van der Waals surface area contributed by atoms with Gasteiger partial charge in [-0.1, -0.05) is 26.8 Å². The molecule has 2 aromatic rings. The molecule has 222 valence electrons. The first-order chi connectivity index (χ1) is 18.4. The molecule has 1 saturated heterocycles. The lowest BCUT2D eigenvalue weighted by Gasteiger charge is -2.38. The van der Waals surface area contributed by atoms with Gasteiger partial charge in [0.2, 0.25) is 0 Å². The molecular weight excluding hydrogens is 535 g/mol. The van der Waals surface area contributed by atoms with Crippen molar-refractivity contribution < 1.29 is 31.9 Å². The van der Waals surface area contributed by atoms with Gasteiger partial charge in [0.25, 0.3) is 0 Å². The number of amides is 1. The normalized spacial score (nSPS) is 18.2. The summed E-state index contributed by atoms with van der Waals surface area (Å²) in [6, 6.07) is 7.96. The molecule has 0 N–H and O–H groups in total. The Balaban J connectivity index is 1.68. The van der Waals surface area contributed by atoms with Gasteiger partial charge in [-0.2, -0.15) is 0 Å². The lowest BCUT2D eigenvalue weighted by Crippen LogP contribution is -2.45. The van der Waals surface area contributed by atoms with Crippen LogP contribution in [0.2, 0.25) is 18.1 Å². The van der Waals surface area contributed by atoms with Gasteiger partial charge in [-0.05, 0) is 99.6 Å². The maximum absolute atomic E-state index is 14.1. The fraction of sp³-hybridized carbons (Fsp3) is 0.581. The second-order valence-electron chi connectivity index (χ2n) is 13.2. The van der Waals surface area contributed by atoms with Crippen LogP contribution in [0, 0.1) is 17.5 Å². The first kappa shape index (κ1) is 32.0. The molecule has 1 heterocycles. The smallest absolute Gasteiger partial charge is 0.410 e. The Morgan fingerprint density at radius 1 is 0.975 bits per heavy atom. The van der Waals surface area contributed by atoms with Crippen molar-refractivity contribution in [1.29, 1.82) is 0 Å². The molecule has 0 bridgehead atoms. The second-order valence-corrected chi connectivity index (χ2v) is 17.9. The number of hydrogen-bond donors (Lipinski definition) is 0. The number of ether oxygens (including phenoxy) is 2. The number of hydrogen-bond acceptors (Lipinski definition) is 4. The van der Waals surface area contributed by atoms with Crippen LogP contribution in [0.3, 0.4) is 0 Å². The largest absolute Gasteiger partial charge is 0.493 e. The highest BCUT2D eigenvalue weighted by molar-refractivity contribution is 6.74. The van der Waals surface area contributed by atoms with Crippen molar-refractivity contribution in [3.63, 3.8) is 0 Å². The lowest BCUT2D eigenvalue weighted by atomic mass is 10.0. The Hall–Kier alpha value is -2.52. The van der Waals surface area contributed by atoms with Gasteiger partial charge < -0.3 is 18.8 Å². The number of carbonyl (C=O) groups excluding carboxylic acids is 1. The predicted octanol–water partition coefficient (Wildman–Crippen LogP) is 8.06. The van der Waals surface area contributed by atoms with Crippen LogP contribution in [-0.2, 0) is 22.0 Å². The summed E-state index contributed by atoms with van der Waals surface area (Å²) in [5, 5.41) is 0.0453. The molecule has 1 amide bonds. The van der Waals surface area contributed by atoms with E-state index < -0.39 is 31.4 Å². The average Bonchev–Trinajstić information content (AvgIpc) is 3.21. The zero-order valence-electron chi connectivity index (χ0n) is 25.1. The van der Waals surface area contributed by atoms with Gasteiger partial charge in [0.1, 0.15) is 17.2 Å². The van der Waals surface area contributed by atoms with Crippen LogP contribution in [0.5, 0.6) is 5.75 Å². The summed E-state index contributed by atoms with van der Waals surface area (Å²) in [6.45, 7) is 17.3. The Morgan fingerprint density at radius 3 is 2.30 bits per heavy atom. The molecule has 3 rings (SSSR count). The van der Waals surface area contributed by atoms with Crippen molar-refractivity contribution in [3.8, 4) is 5.75 Å². The van der Waals surface area contributed by atoms with E-state index in [0.717, 1.165) is 12.1 Å². The lowest BCUT2D eigenvalue weighted by molar-refractivity contribution is 0.0196. The number of carbonyl (C=O) groups is 1. The third-order valence-electron chi connectivity index (χ3n) is 7.67. The van der Waals surface area contributed by atoms with E-state index in [1.165, 1.54) is 18.2 Å². The molecule has 5 nitrogen and oxygen atoms in total. The Morgan fingerprint density at radius 2 is 1.68 bits per heavy atom. The molecule has 40 heavy (non-hydrogen) atoms. The monoisotopic (exact) mass is 579 g/mol. The SMILES string of the molecule is CC(C)(C)OC(=O)N1C[C@H](O[Si](C)(C)C(C)(C)C)C[C@H]1CCOc1ccc(F)cc1CCc1ccc(F)c(F)c1. The van der Waals surface area contributed by atoms with Gasteiger partial charge in [0.15, 0.2) is 20.0 Å². The van der Waals surface area contributed by atoms with Crippen molar-refractivity contribution in [2.24, 2.45) is 0 Å². The van der Waals surface area contributed by atoms with Gasteiger partial charge in [0, 0.05) is 19.0 Å². The van der Waals surface area contributed by atoms with Crippen molar-refractivity contribution in [2.75, 3.05) is 13.2 Å². The number of aryl methyl sites for hydroxylation is 2. The van der Waals surface area contributed by atoms with E-state index in [0.29, 0.717) is 55.7 Å². The van der Waals surface area contributed by atoms with E-state index in [2.05, 4.69) is 33.9 Å². The van der Waals surface area contributed by atoms with Gasteiger partial charge in [-0.25, -0.2) is 18.0 Å². The molecule has 2 aromatic carbocycles. The zero-order valence-corrected chi connectivity index (χ0v) is 26.1. The molecule has 0 radical (unpaired) electrons. The molecule has 1 fully saturated rings. The molecule has 1 aliphatic heterocycles. The van der Waals surface area contributed by atoms with Gasteiger partial charge in [0.05, 0.1) is 12.7 Å². The van der Waals surface area contributed by atoms with Crippen molar-refractivity contribution >= 4 is 14.4 Å². The first-order valence-corrected chi connectivity index (χ1v) is 16.9. The van der Waals surface area contributed by atoms with Crippen LogP contribution >= 0.6 is 0 Å². The van der Waals surface area contributed by atoms with E-state index in [4.69, 9.17) is 13.9 Å². The van der Waals surface area contributed by atoms with Gasteiger partial charge in [-0.15, -0.1) is 0 Å². The number of nitrogens with zero attached hydrogens (tertiary/aromatic N) is 1. The molecule has 2 atom stereocenters. The van der Waals surface area contributed by atoms with Crippen LogP contribution in [0.15, 0.2) is 36.4 Å². The summed E-state index contributed by atoms with van der Waals surface area (Å²) in [4.78, 5) is 14.8. The van der Waals surface area contributed by atoms with E-state index in [-0.39, 0.29) is 23.3 Å². The van der Waals surface area contributed by atoms with E-state index >= 15 is 0 Å². The molecule has 0 aliphatic carbocycles. The molecule has 0 unspecified atom stereocenters. The summed E-state index contributed by atoms with van der Waals surface area (Å²) < 4.78 is 59.4. The van der Waals surface area contributed by atoms with Crippen molar-refractivity contribution in [2.45, 2.75) is 103 Å². The van der Waals surface area contributed by atoms with E-state index in [9.17, 15) is 18.0 Å². The number of likely N-dealkylation sites (tertiary alicyclic amines) is 1. The minimum absolute atomic E-state index is 0.0453. The second kappa shape index (κ2) is 12.6. The van der Waals surface area contributed by atoms with Crippen LogP contribution < -0.4 is 4.74 Å². The Labute approximate surface area is 238 Å². The minimum atomic E-state index is -2.04.